The third-order valence-electron chi connectivity index (χ3n) is 7.76. The van der Waals surface area contributed by atoms with Crippen molar-refractivity contribution in [2.24, 2.45) is 0 Å². The van der Waals surface area contributed by atoms with Crippen LogP contribution in [-0.4, -0.2) is 65.7 Å². The molecular weight excluding hydrogens is 599 g/mol. The average molecular weight is 667 g/mol. The fourth-order valence-corrected chi connectivity index (χ4v) is 5.72. The molecule has 0 aliphatic rings. The number of carbonyl (C=O) groups excluding carboxylic acids is 2. The first-order valence-corrected chi connectivity index (χ1v) is 19.5. The zero-order valence-corrected chi connectivity index (χ0v) is 29.5. The molecule has 0 aliphatic heterocycles. The van der Waals surface area contributed by atoms with Crippen molar-refractivity contribution < 1.29 is 47.8 Å². The summed E-state index contributed by atoms with van der Waals surface area (Å²) in [6.07, 6.45) is 23.6. The molecule has 0 radical (unpaired) electrons. The number of aliphatic hydroxyl groups is 2. The van der Waals surface area contributed by atoms with Gasteiger partial charge in [0, 0.05) is 12.8 Å². The molecule has 0 aromatic heterocycles. The highest BCUT2D eigenvalue weighted by atomic mass is 31.2. The number of carbonyl (C=O) groups is 2. The van der Waals surface area contributed by atoms with Gasteiger partial charge in [-0.1, -0.05) is 142 Å². The molecule has 0 aliphatic carbocycles. The molecule has 0 aromatic rings. The van der Waals surface area contributed by atoms with Crippen molar-refractivity contribution in [2.45, 2.75) is 180 Å². The van der Waals surface area contributed by atoms with E-state index in [-0.39, 0.29) is 19.4 Å². The number of hydrogen-bond donors (Lipinski definition) is 3. The minimum Gasteiger partial charge on any atom is -0.462 e. The van der Waals surface area contributed by atoms with Gasteiger partial charge in [0.2, 0.25) is 0 Å². The van der Waals surface area contributed by atoms with Gasteiger partial charge in [0.15, 0.2) is 6.10 Å². The molecule has 0 rings (SSSR count). The number of phosphoric acid groups is 1. The van der Waals surface area contributed by atoms with Crippen molar-refractivity contribution in [1.82, 2.24) is 0 Å². The molecule has 0 heterocycles. The van der Waals surface area contributed by atoms with Gasteiger partial charge < -0.3 is 24.6 Å². The maximum atomic E-state index is 12.5. The van der Waals surface area contributed by atoms with Crippen molar-refractivity contribution in [3.05, 3.63) is 0 Å². The van der Waals surface area contributed by atoms with Crippen LogP contribution in [-0.2, 0) is 32.7 Å². The molecule has 45 heavy (non-hydrogen) atoms. The van der Waals surface area contributed by atoms with E-state index in [2.05, 4.69) is 18.4 Å². The summed E-state index contributed by atoms with van der Waals surface area (Å²) < 4.78 is 32.5. The van der Waals surface area contributed by atoms with Gasteiger partial charge in [-0.15, -0.1) is 0 Å². The molecule has 3 N–H and O–H groups in total. The highest BCUT2D eigenvalue weighted by Gasteiger charge is 2.27. The van der Waals surface area contributed by atoms with E-state index in [1.165, 1.54) is 89.9 Å². The van der Waals surface area contributed by atoms with Crippen LogP contribution in [0.25, 0.3) is 0 Å². The van der Waals surface area contributed by atoms with Crippen LogP contribution in [0.1, 0.15) is 168 Å². The Morgan fingerprint density at radius 1 is 0.578 bits per heavy atom. The van der Waals surface area contributed by atoms with Crippen LogP contribution in [0.5, 0.6) is 0 Å². The van der Waals surface area contributed by atoms with E-state index in [9.17, 15) is 24.2 Å². The summed E-state index contributed by atoms with van der Waals surface area (Å²) in [5.41, 5.74) is 0. The number of hydrogen-bond acceptors (Lipinski definition) is 9. The van der Waals surface area contributed by atoms with E-state index < -0.39 is 51.8 Å². The average Bonchev–Trinajstić information content (AvgIpc) is 3.02. The summed E-state index contributed by atoms with van der Waals surface area (Å²) in [6.45, 7) is 2.35. The summed E-state index contributed by atoms with van der Waals surface area (Å²) in [5, 5.41) is 18.2. The Balaban J connectivity index is 4.39. The predicted octanol–water partition coefficient (Wildman–Crippen LogP) is 8.33. The molecule has 0 bridgehead atoms. The van der Waals surface area contributed by atoms with Crippen LogP contribution >= 0.6 is 7.82 Å². The van der Waals surface area contributed by atoms with Crippen LogP contribution < -0.4 is 0 Å². The molecule has 10 nitrogen and oxygen atoms in total. The molecule has 268 valence electrons. The minimum absolute atomic E-state index is 0.191. The Morgan fingerprint density at radius 2 is 0.956 bits per heavy atom. The van der Waals surface area contributed by atoms with E-state index in [1.807, 2.05) is 0 Å². The minimum atomic E-state index is -4.60. The lowest BCUT2D eigenvalue weighted by Crippen LogP contribution is -2.29. The van der Waals surface area contributed by atoms with Gasteiger partial charge in [0.25, 0.3) is 0 Å². The maximum absolute atomic E-state index is 12.5. The maximum Gasteiger partial charge on any atom is 0.472 e. The van der Waals surface area contributed by atoms with Gasteiger partial charge in [-0.25, -0.2) is 4.57 Å². The first kappa shape index (κ1) is 44.0. The normalized spacial score (nSPS) is 14.2. The second kappa shape index (κ2) is 31.6. The number of rotatable bonds is 34. The Labute approximate surface area is 273 Å². The van der Waals surface area contributed by atoms with Crippen molar-refractivity contribution >= 4 is 19.8 Å². The van der Waals surface area contributed by atoms with Crippen LogP contribution in [0.15, 0.2) is 0 Å². The fraction of sp³-hybridized carbons (Fsp3) is 0.941. The standard InChI is InChI=1S/C34H67O10P/c1-3-5-7-9-11-13-15-17-19-21-23-25-33(37)41-29-32(30-43-45(39,40)42-28-31(36)27-35)44-34(38)26-24-22-20-18-16-14-12-10-8-6-4-2/h31-32,35-36H,3-30H2,1-2H3,(H,39,40)/t31-,32+/m1/s1. The second-order valence-corrected chi connectivity index (χ2v) is 13.7. The lowest BCUT2D eigenvalue weighted by molar-refractivity contribution is -0.161. The predicted molar refractivity (Wildman–Crippen MR) is 178 cm³/mol. The van der Waals surface area contributed by atoms with E-state index in [0.717, 1.165) is 38.5 Å². The van der Waals surface area contributed by atoms with Gasteiger partial charge >= 0.3 is 19.8 Å². The van der Waals surface area contributed by atoms with Crippen molar-refractivity contribution in [3.8, 4) is 0 Å². The summed E-state index contributed by atoms with van der Waals surface area (Å²) in [4.78, 5) is 34.7. The molecule has 0 saturated carbocycles. The van der Waals surface area contributed by atoms with Crippen LogP contribution in [0.4, 0.5) is 0 Å². The Bertz CT molecular complexity index is 736. The summed E-state index contributed by atoms with van der Waals surface area (Å²) in [5.74, 6) is -0.919. The lowest BCUT2D eigenvalue weighted by atomic mass is 10.1. The van der Waals surface area contributed by atoms with Crippen LogP contribution in [0.2, 0.25) is 0 Å². The molecule has 11 heteroatoms. The van der Waals surface area contributed by atoms with Gasteiger partial charge in [-0.05, 0) is 12.8 Å². The first-order valence-electron chi connectivity index (χ1n) is 18.0. The number of ether oxygens (including phenoxy) is 2. The van der Waals surface area contributed by atoms with Gasteiger partial charge in [0.1, 0.15) is 12.7 Å². The topological polar surface area (TPSA) is 149 Å². The number of phosphoric ester groups is 1. The third kappa shape index (κ3) is 31.3. The van der Waals surface area contributed by atoms with Gasteiger partial charge in [-0.3, -0.25) is 18.6 Å². The number of aliphatic hydroxyl groups excluding tert-OH is 2. The van der Waals surface area contributed by atoms with Gasteiger partial charge in [-0.2, -0.15) is 0 Å². The largest absolute Gasteiger partial charge is 0.472 e. The zero-order valence-electron chi connectivity index (χ0n) is 28.6. The zero-order chi connectivity index (χ0) is 33.4. The molecule has 0 fully saturated rings. The quantitative estimate of drug-likeness (QED) is 0.0348. The molecule has 1 unspecified atom stereocenters. The van der Waals surface area contributed by atoms with Crippen LogP contribution in [0.3, 0.4) is 0 Å². The summed E-state index contributed by atoms with van der Waals surface area (Å²) >= 11 is 0. The van der Waals surface area contributed by atoms with E-state index >= 15 is 0 Å². The smallest absolute Gasteiger partial charge is 0.462 e. The van der Waals surface area contributed by atoms with E-state index in [0.29, 0.717) is 12.8 Å². The SMILES string of the molecule is CCCCCCCCCCCCCC(=O)OC[C@@H](COP(=O)(O)OC[C@H](O)CO)OC(=O)CCCCCCCCCCCCC. The number of esters is 2. The first-order chi connectivity index (χ1) is 21.7. The van der Waals surface area contributed by atoms with E-state index in [4.69, 9.17) is 19.1 Å². The second-order valence-electron chi connectivity index (χ2n) is 12.3. The molecule has 0 spiro atoms. The Hall–Kier alpha value is -1.03. The molecule has 3 atom stereocenters. The molecule has 0 saturated heterocycles. The molecule has 0 aromatic carbocycles. The third-order valence-corrected chi connectivity index (χ3v) is 8.71. The highest BCUT2D eigenvalue weighted by Crippen LogP contribution is 2.43. The Kier molecular flexibility index (Phi) is 30.8. The van der Waals surface area contributed by atoms with Crippen LogP contribution in [0, 0.1) is 0 Å². The Morgan fingerprint density at radius 3 is 1.38 bits per heavy atom. The fourth-order valence-electron chi connectivity index (χ4n) is 4.93. The molecule has 0 amide bonds. The highest BCUT2D eigenvalue weighted by molar-refractivity contribution is 7.47. The monoisotopic (exact) mass is 666 g/mol. The number of unbranched alkanes of at least 4 members (excludes halogenated alkanes) is 20. The molecular formula is C34H67O10P. The van der Waals surface area contributed by atoms with E-state index in [1.54, 1.807) is 0 Å². The van der Waals surface area contributed by atoms with Crippen molar-refractivity contribution in [2.75, 3.05) is 26.4 Å². The summed E-state index contributed by atoms with van der Waals surface area (Å²) in [7, 11) is -4.60. The van der Waals surface area contributed by atoms with Crippen molar-refractivity contribution in [3.63, 3.8) is 0 Å². The lowest BCUT2D eigenvalue weighted by Gasteiger charge is -2.20. The van der Waals surface area contributed by atoms with Crippen molar-refractivity contribution in [1.29, 1.82) is 0 Å². The summed E-state index contributed by atoms with van der Waals surface area (Å²) in [6, 6.07) is 0. The van der Waals surface area contributed by atoms with Gasteiger partial charge in [0.05, 0.1) is 19.8 Å².